The molecule has 0 aliphatic heterocycles. The first-order valence-corrected chi connectivity index (χ1v) is 5.04. The maximum atomic E-state index is 10.5. The van der Waals surface area contributed by atoms with E-state index in [0.29, 0.717) is 0 Å². The Hall–Kier alpha value is -1.13. The molecule has 1 aliphatic carbocycles. The highest BCUT2D eigenvalue weighted by atomic mass is 32.2. The SMILES string of the molecule is O=S(O)NC1=CCc2ccccc21. The van der Waals surface area contributed by atoms with Crippen LogP contribution in [0.3, 0.4) is 0 Å². The molecule has 1 atom stereocenters. The Bertz CT molecular complexity index is 387. The maximum absolute atomic E-state index is 10.5. The molecule has 0 heterocycles. The Morgan fingerprint density at radius 1 is 1.38 bits per heavy atom. The summed E-state index contributed by atoms with van der Waals surface area (Å²) in [5.41, 5.74) is 2.96. The van der Waals surface area contributed by atoms with E-state index >= 15 is 0 Å². The average molecular weight is 195 g/mol. The number of hydrogen-bond acceptors (Lipinski definition) is 1. The Labute approximate surface area is 78.9 Å². The molecule has 4 heteroatoms. The van der Waals surface area contributed by atoms with E-state index in [1.807, 2.05) is 30.3 Å². The molecule has 0 spiro atoms. The van der Waals surface area contributed by atoms with Crippen molar-refractivity contribution >= 4 is 17.0 Å². The first-order chi connectivity index (χ1) is 6.27. The summed E-state index contributed by atoms with van der Waals surface area (Å²) < 4.78 is 21.7. The summed E-state index contributed by atoms with van der Waals surface area (Å²) in [5, 5.41) is 0. The highest BCUT2D eigenvalue weighted by molar-refractivity contribution is 7.77. The highest BCUT2D eigenvalue weighted by Crippen LogP contribution is 2.24. The second-order valence-electron chi connectivity index (χ2n) is 2.83. The topological polar surface area (TPSA) is 49.3 Å². The third kappa shape index (κ3) is 1.64. The lowest BCUT2D eigenvalue weighted by atomic mass is 10.1. The molecule has 0 bridgehead atoms. The predicted molar refractivity (Wildman–Crippen MR) is 52.0 cm³/mol. The van der Waals surface area contributed by atoms with Gasteiger partial charge in [0.05, 0.1) is 5.70 Å². The van der Waals surface area contributed by atoms with E-state index in [1.54, 1.807) is 0 Å². The molecule has 1 aromatic rings. The number of allylic oxidation sites excluding steroid dienone is 1. The third-order valence-corrected chi connectivity index (χ3v) is 2.43. The van der Waals surface area contributed by atoms with Crippen molar-refractivity contribution in [3.63, 3.8) is 0 Å². The van der Waals surface area contributed by atoms with Crippen molar-refractivity contribution in [2.45, 2.75) is 6.42 Å². The Kier molecular flexibility index (Phi) is 2.16. The zero-order valence-corrected chi connectivity index (χ0v) is 7.67. The molecule has 1 aromatic carbocycles. The van der Waals surface area contributed by atoms with Crippen molar-refractivity contribution in [3.05, 3.63) is 41.5 Å². The minimum atomic E-state index is -1.98. The van der Waals surface area contributed by atoms with Gasteiger partial charge in [-0.2, -0.15) is 0 Å². The molecule has 0 aromatic heterocycles. The van der Waals surface area contributed by atoms with Gasteiger partial charge in [0, 0.05) is 5.56 Å². The van der Waals surface area contributed by atoms with E-state index in [9.17, 15) is 4.21 Å². The van der Waals surface area contributed by atoms with Crippen molar-refractivity contribution in [1.82, 2.24) is 4.72 Å². The predicted octanol–water partition coefficient (Wildman–Crippen LogP) is 1.31. The molecular formula is C9H9NO2S. The molecule has 1 aliphatic rings. The third-order valence-electron chi connectivity index (χ3n) is 2.03. The fraction of sp³-hybridized carbons (Fsp3) is 0.111. The second-order valence-corrected chi connectivity index (χ2v) is 3.53. The van der Waals surface area contributed by atoms with Gasteiger partial charge in [0.1, 0.15) is 0 Å². The minimum Gasteiger partial charge on any atom is -0.289 e. The number of nitrogens with one attached hydrogen (secondary N) is 1. The summed E-state index contributed by atoms with van der Waals surface area (Å²) in [6, 6.07) is 7.83. The molecule has 13 heavy (non-hydrogen) atoms. The highest BCUT2D eigenvalue weighted by Gasteiger charge is 2.13. The smallest absolute Gasteiger partial charge is 0.259 e. The number of benzene rings is 1. The van der Waals surface area contributed by atoms with Crippen LogP contribution in [0.5, 0.6) is 0 Å². The van der Waals surface area contributed by atoms with E-state index in [-0.39, 0.29) is 0 Å². The van der Waals surface area contributed by atoms with Crippen molar-refractivity contribution in [3.8, 4) is 0 Å². The molecule has 0 saturated heterocycles. The van der Waals surface area contributed by atoms with E-state index in [2.05, 4.69) is 4.72 Å². The molecule has 2 rings (SSSR count). The van der Waals surface area contributed by atoms with Crippen LogP contribution in [0.2, 0.25) is 0 Å². The van der Waals surface area contributed by atoms with Gasteiger partial charge in [-0.25, -0.2) is 4.21 Å². The summed E-state index contributed by atoms with van der Waals surface area (Å²) >= 11 is -1.98. The van der Waals surface area contributed by atoms with Crippen LogP contribution in [0.15, 0.2) is 30.3 Å². The lowest BCUT2D eigenvalue weighted by molar-refractivity contribution is 0.559. The van der Waals surface area contributed by atoms with Gasteiger partial charge in [-0.3, -0.25) is 9.27 Å². The minimum absolute atomic E-state index is 0.747. The Morgan fingerprint density at radius 3 is 2.92 bits per heavy atom. The largest absolute Gasteiger partial charge is 0.289 e. The summed E-state index contributed by atoms with van der Waals surface area (Å²) in [6.07, 6.45) is 2.74. The van der Waals surface area contributed by atoms with Crippen LogP contribution in [-0.2, 0) is 17.7 Å². The van der Waals surface area contributed by atoms with Crippen molar-refractivity contribution in [1.29, 1.82) is 0 Å². The summed E-state index contributed by atoms with van der Waals surface area (Å²) in [4.78, 5) is 0. The van der Waals surface area contributed by atoms with E-state index in [4.69, 9.17) is 4.55 Å². The van der Waals surface area contributed by atoms with Crippen molar-refractivity contribution < 1.29 is 8.76 Å². The molecule has 0 fully saturated rings. The molecule has 1 unspecified atom stereocenters. The van der Waals surface area contributed by atoms with Crippen LogP contribution < -0.4 is 4.72 Å². The normalized spacial score (nSPS) is 16.2. The first-order valence-electron chi connectivity index (χ1n) is 3.93. The Morgan fingerprint density at radius 2 is 2.15 bits per heavy atom. The molecule has 0 radical (unpaired) electrons. The molecule has 0 saturated carbocycles. The zero-order chi connectivity index (χ0) is 9.26. The van der Waals surface area contributed by atoms with Crippen LogP contribution in [0.4, 0.5) is 0 Å². The van der Waals surface area contributed by atoms with Crippen LogP contribution in [-0.4, -0.2) is 8.76 Å². The summed E-state index contributed by atoms with van der Waals surface area (Å²) in [5.74, 6) is 0. The van der Waals surface area contributed by atoms with Gasteiger partial charge in [0.15, 0.2) is 0 Å². The van der Waals surface area contributed by atoms with Gasteiger partial charge in [-0.1, -0.05) is 30.3 Å². The summed E-state index contributed by atoms with van der Waals surface area (Å²) in [7, 11) is 0. The average Bonchev–Trinajstić information content (AvgIpc) is 2.48. The van der Waals surface area contributed by atoms with Gasteiger partial charge in [0.2, 0.25) is 0 Å². The van der Waals surface area contributed by atoms with Crippen LogP contribution in [0, 0.1) is 0 Å². The standard InChI is InChI=1S/C9H9NO2S/c11-13(12)10-9-6-5-7-3-1-2-4-8(7)9/h1-4,6,10H,5H2,(H,11,12). The number of rotatable bonds is 2. The molecular weight excluding hydrogens is 186 g/mol. The van der Waals surface area contributed by atoms with E-state index in [0.717, 1.165) is 17.7 Å². The second kappa shape index (κ2) is 3.32. The lowest BCUT2D eigenvalue weighted by Crippen LogP contribution is -2.13. The van der Waals surface area contributed by atoms with Gasteiger partial charge in [-0.15, -0.1) is 0 Å². The van der Waals surface area contributed by atoms with Gasteiger partial charge in [-0.05, 0) is 12.0 Å². The fourth-order valence-electron chi connectivity index (χ4n) is 1.47. The van der Waals surface area contributed by atoms with Gasteiger partial charge < -0.3 is 0 Å². The van der Waals surface area contributed by atoms with Crippen LogP contribution in [0.25, 0.3) is 5.70 Å². The van der Waals surface area contributed by atoms with Gasteiger partial charge in [0.25, 0.3) is 11.3 Å². The van der Waals surface area contributed by atoms with E-state index < -0.39 is 11.3 Å². The van der Waals surface area contributed by atoms with E-state index in [1.165, 1.54) is 5.56 Å². The van der Waals surface area contributed by atoms with Gasteiger partial charge >= 0.3 is 0 Å². The fourth-order valence-corrected chi connectivity index (χ4v) is 1.86. The summed E-state index contributed by atoms with van der Waals surface area (Å²) in [6.45, 7) is 0. The lowest BCUT2D eigenvalue weighted by Gasteiger charge is -2.04. The molecule has 3 nitrogen and oxygen atoms in total. The van der Waals surface area contributed by atoms with Crippen LogP contribution >= 0.6 is 0 Å². The Balaban J connectivity index is 2.31. The number of hydrogen-bond donors (Lipinski definition) is 2. The quantitative estimate of drug-likeness (QED) is 0.699. The first kappa shape index (κ1) is 8.47. The molecule has 0 amide bonds. The van der Waals surface area contributed by atoms with Crippen molar-refractivity contribution in [2.24, 2.45) is 0 Å². The molecule has 68 valence electrons. The van der Waals surface area contributed by atoms with Crippen LogP contribution in [0.1, 0.15) is 11.1 Å². The maximum Gasteiger partial charge on any atom is 0.259 e. The monoisotopic (exact) mass is 195 g/mol. The molecule has 2 N–H and O–H groups in total. The number of fused-ring (bicyclic) bond motifs is 1. The van der Waals surface area contributed by atoms with Crippen molar-refractivity contribution in [2.75, 3.05) is 0 Å². The zero-order valence-electron chi connectivity index (χ0n) is 6.86.